The van der Waals surface area contributed by atoms with Crippen molar-refractivity contribution in [3.05, 3.63) is 0 Å². The first-order valence-corrected chi connectivity index (χ1v) is 8.56. The standard InChI is InChI=1S/C16H29N3O2/c1-13(14-4-5-14)17-16(20)12-19-8-6-18(7-9-19)11-15-3-2-10-21-15/h13-15H,2-12H2,1H3,(H,17,20). The minimum absolute atomic E-state index is 0.196. The topological polar surface area (TPSA) is 44.8 Å². The van der Waals surface area contributed by atoms with E-state index in [9.17, 15) is 4.79 Å². The van der Waals surface area contributed by atoms with Gasteiger partial charge >= 0.3 is 0 Å². The van der Waals surface area contributed by atoms with Gasteiger partial charge in [-0.2, -0.15) is 0 Å². The van der Waals surface area contributed by atoms with E-state index in [2.05, 4.69) is 22.0 Å². The summed E-state index contributed by atoms with van der Waals surface area (Å²) in [6.45, 7) is 8.81. The highest BCUT2D eigenvalue weighted by molar-refractivity contribution is 5.78. The third-order valence-corrected chi connectivity index (χ3v) is 5.04. The van der Waals surface area contributed by atoms with Crippen LogP contribution in [0.1, 0.15) is 32.6 Å². The molecule has 21 heavy (non-hydrogen) atoms. The molecule has 0 radical (unpaired) electrons. The molecule has 0 spiro atoms. The van der Waals surface area contributed by atoms with Crippen molar-refractivity contribution in [1.29, 1.82) is 0 Å². The van der Waals surface area contributed by atoms with Crippen LogP contribution >= 0.6 is 0 Å². The normalized spacial score (nSPS) is 29.5. The van der Waals surface area contributed by atoms with Crippen molar-refractivity contribution < 1.29 is 9.53 Å². The summed E-state index contributed by atoms with van der Waals surface area (Å²) in [6.07, 6.45) is 5.43. The lowest BCUT2D eigenvalue weighted by atomic mass is 10.2. The van der Waals surface area contributed by atoms with Gasteiger partial charge in [0.1, 0.15) is 0 Å². The van der Waals surface area contributed by atoms with Crippen LogP contribution in [0, 0.1) is 5.92 Å². The molecule has 3 fully saturated rings. The molecule has 2 atom stereocenters. The van der Waals surface area contributed by atoms with Crippen molar-refractivity contribution in [3.63, 3.8) is 0 Å². The highest BCUT2D eigenvalue weighted by Crippen LogP contribution is 2.32. The molecule has 0 aromatic rings. The molecule has 0 bridgehead atoms. The van der Waals surface area contributed by atoms with E-state index in [4.69, 9.17) is 4.74 Å². The Morgan fingerprint density at radius 1 is 1.19 bits per heavy atom. The van der Waals surface area contributed by atoms with Gasteiger partial charge in [0, 0.05) is 45.4 Å². The Balaban J connectivity index is 1.32. The Labute approximate surface area is 128 Å². The molecule has 1 amide bonds. The van der Waals surface area contributed by atoms with Crippen LogP contribution in [0.4, 0.5) is 0 Å². The van der Waals surface area contributed by atoms with Crippen LogP contribution in [0.25, 0.3) is 0 Å². The maximum Gasteiger partial charge on any atom is 0.234 e. The molecule has 0 aromatic carbocycles. The second-order valence-corrected chi connectivity index (χ2v) is 6.91. The van der Waals surface area contributed by atoms with Crippen molar-refractivity contribution in [2.24, 2.45) is 5.92 Å². The number of rotatable bonds is 6. The Morgan fingerprint density at radius 2 is 1.90 bits per heavy atom. The summed E-state index contributed by atoms with van der Waals surface area (Å²) in [6, 6.07) is 0.360. The number of ether oxygens (including phenoxy) is 1. The molecule has 1 aliphatic carbocycles. The number of nitrogens with one attached hydrogen (secondary N) is 1. The van der Waals surface area contributed by atoms with Crippen molar-refractivity contribution in [3.8, 4) is 0 Å². The van der Waals surface area contributed by atoms with E-state index < -0.39 is 0 Å². The first-order valence-electron chi connectivity index (χ1n) is 8.56. The maximum atomic E-state index is 12.0. The predicted octanol–water partition coefficient (Wildman–Crippen LogP) is 0.698. The summed E-state index contributed by atoms with van der Waals surface area (Å²) in [5, 5.41) is 3.14. The Morgan fingerprint density at radius 3 is 2.52 bits per heavy atom. The number of piperazine rings is 1. The monoisotopic (exact) mass is 295 g/mol. The molecule has 3 rings (SSSR count). The lowest BCUT2D eigenvalue weighted by molar-refractivity contribution is -0.123. The second-order valence-electron chi connectivity index (χ2n) is 6.91. The van der Waals surface area contributed by atoms with Gasteiger partial charge in [-0.15, -0.1) is 0 Å². The van der Waals surface area contributed by atoms with Crippen LogP contribution in [0.15, 0.2) is 0 Å². The molecule has 5 nitrogen and oxygen atoms in total. The zero-order valence-electron chi connectivity index (χ0n) is 13.2. The van der Waals surface area contributed by atoms with Gasteiger partial charge in [0.25, 0.3) is 0 Å². The molecular formula is C16H29N3O2. The van der Waals surface area contributed by atoms with Crippen LogP contribution in [0.3, 0.4) is 0 Å². The van der Waals surface area contributed by atoms with Gasteiger partial charge in [0.05, 0.1) is 12.6 Å². The molecule has 3 aliphatic rings. The number of nitrogens with zero attached hydrogens (tertiary/aromatic N) is 2. The summed E-state index contributed by atoms with van der Waals surface area (Å²) in [7, 11) is 0. The van der Waals surface area contributed by atoms with Crippen LogP contribution in [-0.4, -0.2) is 73.7 Å². The second kappa shape index (κ2) is 7.07. The number of hydrogen-bond donors (Lipinski definition) is 1. The zero-order valence-corrected chi connectivity index (χ0v) is 13.2. The number of amides is 1. The van der Waals surface area contributed by atoms with Crippen LogP contribution < -0.4 is 5.32 Å². The summed E-state index contributed by atoms with van der Waals surface area (Å²) in [5.41, 5.74) is 0. The van der Waals surface area contributed by atoms with Gasteiger partial charge in [0.2, 0.25) is 5.91 Å². The van der Waals surface area contributed by atoms with Crippen molar-refractivity contribution in [2.45, 2.75) is 44.8 Å². The largest absolute Gasteiger partial charge is 0.377 e. The van der Waals surface area contributed by atoms with Gasteiger partial charge in [-0.1, -0.05) is 0 Å². The molecule has 2 heterocycles. The smallest absolute Gasteiger partial charge is 0.234 e. The number of carbonyl (C=O) groups excluding carboxylic acids is 1. The summed E-state index contributed by atoms with van der Waals surface area (Å²) in [4.78, 5) is 16.8. The Kier molecular flexibility index (Phi) is 5.14. The van der Waals surface area contributed by atoms with Crippen LogP contribution in [0.2, 0.25) is 0 Å². The van der Waals surface area contributed by atoms with E-state index in [0.29, 0.717) is 18.7 Å². The first kappa shape index (κ1) is 15.3. The van der Waals surface area contributed by atoms with Gasteiger partial charge in [-0.3, -0.25) is 14.6 Å². The van der Waals surface area contributed by atoms with Gasteiger partial charge < -0.3 is 10.1 Å². The number of carbonyl (C=O) groups is 1. The Hall–Kier alpha value is -0.650. The highest BCUT2D eigenvalue weighted by atomic mass is 16.5. The lowest BCUT2D eigenvalue weighted by Crippen LogP contribution is -2.51. The quantitative estimate of drug-likeness (QED) is 0.783. The van der Waals surface area contributed by atoms with Gasteiger partial charge in [-0.25, -0.2) is 0 Å². The maximum absolute atomic E-state index is 12.0. The van der Waals surface area contributed by atoms with Crippen LogP contribution in [-0.2, 0) is 9.53 Å². The van der Waals surface area contributed by atoms with E-state index in [1.165, 1.54) is 25.7 Å². The first-order chi connectivity index (χ1) is 10.2. The average Bonchev–Trinajstić information content (AvgIpc) is 3.20. The molecule has 5 heteroatoms. The summed E-state index contributed by atoms with van der Waals surface area (Å²) < 4.78 is 5.70. The molecule has 2 aliphatic heterocycles. The number of hydrogen-bond acceptors (Lipinski definition) is 4. The van der Waals surface area contributed by atoms with Gasteiger partial charge in [-0.05, 0) is 38.5 Å². The van der Waals surface area contributed by atoms with Crippen molar-refractivity contribution in [2.75, 3.05) is 45.9 Å². The molecule has 120 valence electrons. The predicted molar refractivity (Wildman–Crippen MR) is 82.2 cm³/mol. The third kappa shape index (κ3) is 4.66. The molecule has 2 unspecified atom stereocenters. The lowest BCUT2D eigenvalue weighted by Gasteiger charge is -2.35. The Bertz CT molecular complexity index is 345. The molecule has 2 saturated heterocycles. The fourth-order valence-electron chi connectivity index (χ4n) is 3.42. The fraction of sp³-hybridized carbons (Fsp3) is 0.938. The summed E-state index contributed by atoms with van der Waals surface area (Å²) in [5.74, 6) is 0.930. The van der Waals surface area contributed by atoms with Crippen molar-refractivity contribution in [1.82, 2.24) is 15.1 Å². The SMILES string of the molecule is CC(NC(=O)CN1CCN(CC2CCCO2)CC1)C1CC1. The van der Waals surface area contributed by atoms with E-state index in [-0.39, 0.29) is 5.91 Å². The van der Waals surface area contributed by atoms with E-state index >= 15 is 0 Å². The molecule has 1 N–H and O–H groups in total. The molecular weight excluding hydrogens is 266 g/mol. The highest BCUT2D eigenvalue weighted by Gasteiger charge is 2.29. The van der Waals surface area contributed by atoms with E-state index in [1.807, 2.05) is 0 Å². The van der Waals surface area contributed by atoms with Crippen LogP contribution in [0.5, 0.6) is 0 Å². The zero-order chi connectivity index (χ0) is 14.7. The minimum Gasteiger partial charge on any atom is -0.377 e. The van der Waals surface area contributed by atoms with E-state index in [0.717, 1.165) is 45.2 Å². The summed E-state index contributed by atoms with van der Waals surface area (Å²) >= 11 is 0. The van der Waals surface area contributed by atoms with Crippen molar-refractivity contribution >= 4 is 5.91 Å². The fourth-order valence-corrected chi connectivity index (χ4v) is 3.42. The molecule has 0 aromatic heterocycles. The third-order valence-electron chi connectivity index (χ3n) is 5.04. The van der Waals surface area contributed by atoms with Gasteiger partial charge in [0.15, 0.2) is 0 Å². The molecule has 1 saturated carbocycles. The minimum atomic E-state index is 0.196. The van der Waals surface area contributed by atoms with E-state index in [1.54, 1.807) is 0 Å². The average molecular weight is 295 g/mol.